The van der Waals surface area contributed by atoms with Crippen LogP contribution in [0.1, 0.15) is 16.7 Å². The van der Waals surface area contributed by atoms with Gasteiger partial charge < -0.3 is 0 Å². The Morgan fingerprint density at radius 2 is 1.91 bits per heavy atom. The first-order valence-corrected chi connectivity index (χ1v) is 3.70. The van der Waals surface area contributed by atoms with Gasteiger partial charge in [0.1, 0.15) is 5.82 Å². The molecule has 11 heavy (non-hydrogen) atoms. The van der Waals surface area contributed by atoms with Crippen molar-refractivity contribution in [1.82, 2.24) is 0 Å². The standard InChI is InChI=1S/C10H12F/c1-4-9-5-8(3)10(11)6-7(9)2/h5-6H,1,4H2,2-3H3. The van der Waals surface area contributed by atoms with Crippen LogP contribution in [-0.4, -0.2) is 0 Å². The second kappa shape index (κ2) is 3.04. The Hall–Kier alpha value is -0.850. The summed E-state index contributed by atoms with van der Waals surface area (Å²) in [5.41, 5.74) is 2.82. The zero-order chi connectivity index (χ0) is 8.43. The van der Waals surface area contributed by atoms with Crippen molar-refractivity contribution in [2.75, 3.05) is 0 Å². The molecule has 0 aliphatic carbocycles. The third-order valence-electron chi connectivity index (χ3n) is 1.89. The fourth-order valence-electron chi connectivity index (χ4n) is 1.11. The Labute approximate surface area is 67.1 Å². The number of aryl methyl sites for hydroxylation is 2. The van der Waals surface area contributed by atoms with E-state index in [4.69, 9.17) is 0 Å². The van der Waals surface area contributed by atoms with Gasteiger partial charge in [-0.2, -0.15) is 0 Å². The minimum atomic E-state index is -0.125. The molecule has 1 heteroatoms. The molecule has 1 aromatic rings. The van der Waals surface area contributed by atoms with E-state index in [2.05, 4.69) is 6.92 Å². The molecule has 0 unspecified atom stereocenters. The predicted molar refractivity (Wildman–Crippen MR) is 44.9 cm³/mol. The van der Waals surface area contributed by atoms with Crippen LogP contribution in [0.4, 0.5) is 4.39 Å². The summed E-state index contributed by atoms with van der Waals surface area (Å²) in [6.45, 7) is 7.44. The van der Waals surface area contributed by atoms with Gasteiger partial charge in [0.15, 0.2) is 0 Å². The van der Waals surface area contributed by atoms with Crippen LogP contribution in [0.3, 0.4) is 0 Å². The summed E-state index contributed by atoms with van der Waals surface area (Å²) in [6.07, 6.45) is 0.729. The lowest BCUT2D eigenvalue weighted by atomic mass is 10.0. The van der Waals surface area contributed by atoms with Gasteiger partial charge in [0.05, 0.1) is 0 Å². The van der Waals surface area contributed by atoms with E-state index in [1.807, 2.05) is 13.0 Å². The van der Waals surface area contributed by atoms with Gasteiger partial charge in [0, 0.05) is 0 Å². The second-order valence-corrected chi connectivity index (χ2v) is 2.78. The van der Waals surface area contributed by atoms with Gasteiger partial charge >= 0.3 is 0 Å². The SMILES string of the molecule is [CH2]Cc1cc(C)c(F)cc1C. The van der Waals surface area contributed by atoms with Crippen molar-refractivity contribution in [3.8, 4) is 0 Å². The lowest BCUT2D eigenvalue weighted by molar-refractivity contribution is 0.616. The molecule has 0 nitrogen and oxygen atoms in total. The normalized spacial score (nSPS) is 10.2. The first-order valence-electron chi connectivity index (χ1n) is 3.70. The van der Waals surface area contributed by atoms with Crippen LogP contribution in [0.25, 0.3) is 0 Å². The summed E-state index contributed by atoms with van der Waals surface area (Å²) in [7, 11) is 0. The van der Waals surface area contributed by atoms with Gasteiger partial charge in [-0.3, -0.25) is 0 Å². The second-order valence-electron chi connectivity index (χ2n) is 2.78. The molecule has 0 aromatic heterocycles. The van der Waals surface area contributed by atoms with Gasteiger partial charge in [0.25, 0.3) is 0 Å². The molecular formula is C10H12F. The molecule has 0 aliphatic rings. The number of hydrogen-bond donors (Lipinski definition) is 0. The van der Waals surface area contributed by atoms with Crippen molar-refractivity contribution in [3.63, 3.8) is 0 Å². The fourth-order valence-corrected chi connectivity index (χ4v) is 1.11. The van der Waals surface area contributed by atoms with Crippen LogP contribution >= 0.6 is 0 Å². The van der Waals surface area contributed by atoms with Crippen LogP contribution in [0, 0.1) is 26.6 Å². The minimum Gasteiger partial charge on any atom is -0.207 e. The van der Waals surface area contributed by atoms with Crippen LogP contribution in [0.5, 0.6) is 0 Å². The molecule has 0 atom stereocenters. The first-order chi connectivity index (χ1) is 5.15. The Morgan fingerprint density at radius 1 is 1.27 bits per heavy atom. The fraction of sp³-hybridized carbons (Fsp3) is 0.300. The largest absolute Gasteiger partial charge is 0.207 e. The van der Waals surface area contributed by atoms with Crippen molar-refractivity contribution >= 4 is 0 Å². The van der Waals surface area contributed by atoms with E-state index < -0.39 is 0 Å². The van der Waals surface area contributed by atoms with Gasteiger partial charge in [-0.15, -0.1) is 0 Å². The lowest BCUT2D eigenvalue weighted by Gasteiger charge is -2.04. The van der Waals surface area contributed by atoms with E-state index >= 15 is 0 Å². The smallest absolute Gasteiger partial charge is 0.126 e. The van der Waals surface area contributed by atoms with Crippen LogP contribution in [-0.2, 0) is 6.42 Å². The Bertz CT molecular complexity index is 264. The highest BCUT2D eigenvalue weighted by Crippen LogP contribution is 2.14. The summed E-state index contributed by atoms with van der Waals surface area (Å²) >= 11 is 0. The number of benzene rings is 1. The Balaban J connectivity index is 3.21. The van der Waals surface area contributed by atoms with E-state index in [0.29, 0.717) is 5.56 Å². The molecular weight excluding hydrogens is 139 g/mol. The Kier molecular flexibility index (Phi) is 2.28. The van der Waals surface area contributed by atoms with E-state index in [1.165, 1.54) is 0 Å². The van der Waals surface area contributed by atoms with Crippen molar-refractivity contribution in [1.29, 1.82) is 0 Å². The quantitative estimate of drug-likeness (QED) is 0.579. The summed E-state index contributed by atoms with van der Waals surface area (Å²) < 4.78 is 12.9. The summed E-state index contributed by atoms with van der Waals surface area (Å²) in [5, 5.41) is 0. The molecule has 0 bridgehead atoms. The zero-order valence-electron chi connectivity index (χ0n) is 6.95. The minimum absolute atomic E-state index is 0.125. The molecule has 0 spiro atoms. The maximum atomic E-state index is 12.9. The van der Waals surface area contributed by atoms with E-state index in [-0.39, 0.29) is 5.82 Å². The number of halogens is 1. The number of hydrogen-bond acceptors (Lipinski definition) is 0. The first kappa shape index (κ1) is 8.25. The highest BCUT2D eigenvalue weighted by atomic mass is 19.1. The van der Waals surface area contributed by atoms with Crippen molar-refractivity contribution < 1.29 is 4.39 Å². The maximum absolute atomic E-state index is 12.9. The van der Waals surface area contributed by atoms with Crippen LogP contribution in [0.2, 0.25) is 0 Å². The van der Waals surface area contributed by atoms with E-state index in [0.717, 1.165) is 17.5 Å². The molecule has 0 saturated heterocycles. The summed E-state index contributed by atoms with van der Waals surface area (Å²) in [5.74, 6) is -0.125. The van der Waals surface area contributed by atoms with Gasteiger partial charge in [-0.25, -0.2) is 4.39 Å². The molecule has 0 amide bonds. The van der Waals surface area contributed by atoms with E-state index in [1.54, 1.807) is 13.0 Å². The summed E-state index contributed by atoms with van der Waals surface area (Å²) in [6, 6.07) is 3.42. The topological polar surface area (TPSA) is 0 Å². The monoisotopic (exact) mass is 151 g/mol. The van der Waals surface area contributed by atoms with Crippen molar-refractivity contribution in [3.05, 3.63) is 41.6 Å². The average Bonchev–Trinajstić information content (AvgIpc) is 1.97. The van der Waals surface area contributed by atoms with Gasteiger partial charge in [-0.1, -0.05) is 6.07 Å². The Morgan fingerprint density at radius 3 is 2.45 bits per heavy atom. The molecule has 0 fully saturated rings. The highest BCUT2D eigenvalue weighted by Gasteiger charge is 2.01. The predicted octanol–water partition coefficient (Wildman–Crippen LogP) is 2.82. The molecule has 1 aromatic carbocycles. The number of rotatable bonds is 1. The maximum Gasteiger partial charge on any atom is 0.126 e. The van der Waals surface area contributed by atoms with Crippen LogP contribution < -0.4 is 0 Å². The molecule has 0 heterocycles. The van der Waals surface area contributed by atoms with Crippen molar-refractivity contribution in [2.45, 2.75) is 20.3 Å². The van der Waals surface area contributed by atoms with Crippen LogP contribution in [0.15, 0.2) is 12.1 Å². The molecule has 0 aliphatic heterocycles. The zero-order valence-corrected chi connectivity index (χ0v) is 6.95. The lowest BCUT2D eigenvalue weighted by Crippen LogP contribution is -1.91. The van der Waals surface area contributed by atoms with Crippen molar-refractivity contribution in [2.24, 2.45) is 0 Å². The molecule has 0 saturated carbocycles. The van der Waals surface area contributed by atoms with E-state index in [9.17, 15) is 4.39 Å². The average molecular weight is 151 g/mol. The third-order valence-corrected chi connectivity index (χ3v) is 1.89. The molecule has 59 valence electrons. The highest BCUT2D eigenvalue weighted by molar-refractivity contribution is 5.31. The van der Waals surface area contributed by atoms with Gasteiger partial charge in [-0.05, 0) is 49.9 Å². The molecule has 1 radical (unpaired) electrons. The molecule has 1 rings (SSSR count). The van der Waals surface area contributed by atoms with Gasteiger partial charge in [0.2, 0.25) is 0 Å². The summed E-state index contributed by atoms with van der Waals surface area (Å²) in [4.78, 5) is 0. The third kappa shape index (κ3) is 1.59. The molecule has 0 N–H and O–H groups in total.